The summed E-state index contributed by atoms with van der Waals surface area (Å²) in [7, 11) is 0. The third-order valence-corrected chi connectivity index (χ3v) is 4.02. The average Bonchev–Trinajstić information content (AvgIpc) is 2.46. The van der Waals surface area contributed by atoms with E-state index in [0.717, 1.165) is 12.8 Å². The Morgan fingerprint density at radius 3 is 2.50 bits per heavy atom. The molecular formula is C16H31NO3. The van der Waals surface area contributed by atoms with Crippen molar-refractivity contribution in [1.82, 2.24) is 4.90 Å². The fourth-order valence-electron chi connectivity index (χ4n) is 2.65. The highest BCUT2D eigenvalue weighted by molar-refractivity contribution is 5.76. The maximum atomic E-state index is 12.2. The molecule has 4 heteroatoms. The van der Waals surface area contributed by atoms with Gasteiger partial charge in [-0.3, -0.25) is 4.79 Å². The van der Waals surface area contributed by atoms with Gasteiger partial charge >= 0.3 is 0 Å². The maximum absolute atomic E-state index is 12.2. The second kappa shape index (κ2) is 10.2. The Bertz CT molecular complexity index is 270. The van der Waals surface area contributed by atoms with E-state index < -0.39 is 0 Å². The van der Waals surface area contributed by atoms with Crippen LogP contribution < -0.4 is 0 Å². The van der Waals surface area contributed by atoms with E-state index in [9.17, 15) is 4.79 Å². The highest BCUT2D eigenvalue weighted by Gasteiger charge is 2.28. The fourth-order valence-corrected chi connectivity index (χ4v) is 2.65. The van der Waals surface area contributed by atoms with Gasteiger partial charge in [0.1, 0.15) is 0 Å². The first-order valence-electron chi connectivity index (χ1n) is 8.21. The first kappa shape index (κ1) is 17.4. The quantitative estimate of drug-likeness (QED) is 0.663. The largest absolute Gasteiger partial charge is 0.394 e. The summed E-state index contributed by atoms with van der Waals surface area (Å²) in [6, 6.07) is 0.134. The van der Waals surface area contributed by atoms with Gasteiger partial charge in [-0.1, -0.05) is 45.4 Å². The standard InChI is InChI=1S/C16H31NO3/c1-3-4-5-6-7-8-9-10-16(19)17-11-15(12-18)20-13-14(17)2/h14-15,18H,3-13H2,1-2H3. The molecule has 20 heavy (non-hydrogen) atoms. The number of amides is 1. The molecule has 0 saturated carbocycles. The molecule has 0 aromatic carbocycles. The van der Waals surface area contributed by atoms with Crippen molar-refractivity contribution in [2.45, 2.75) is 77.4 Å². The number of unbranched alkanes of at least 4 members (excludes halogenated alkanes) is 6. The molecule has 1 aliphatic rings. The number of carbonyl (C=O) groups excluding carboxylic acids is 1. The Hall–Kier alpha value is -0.610. The minimum atomic E-state index is -0.204. The van der Waals surface area contributed by atoms with Crippen LogP contribution in [-0.2, 0) is 9.53 Å². The van der Waals surface area contributed by atoms with Crippen LogP contribution in [-0.4, -0.2) is 47.8 Å². The molecule has 1 fully saturated rings. The van der Waals surface area contributed by atoms with E-state index in [1.807, 2.05) is 11.8 Å². The summed E-state index contributed by atoms with van der Waals surface area (Å²) in [5, 5.41) is 9.13. The molecule has 1 N–H and O–H groups in total. The number of nitrogens with zero attached hydrogens (tertiary/aromatic N) is 1. The summed E-state index contributed by atoms with van der Waals surface area (Å²) >= 11 is 0. The number of carbonyl (C=O) groups is 1. The lowest BCUT2D eigenvalue weighted by Gasteiger charge is -2.37. The Kier molecular flexibility index (Phi) is 8.86. The van der Waals surface area contributed by atoms with Gasteiger partial charge in [-0.15, -0.1) is 0 Å². The first-order valence-corrected chi connectivity index (χ1v) is 8.21. The van der Waals surface area contributed by atoms with Gasteiger partial charge in [0.2, 0.25) is 5.91 Å². The molecule has 1 rings (SSSR count). The van der Waals surface area contributed by atoms with Crippen molar-refractivity contribution in [3.05, 3.63) is 0 Å². The molecule has 4 nitrogen and oxygen atoms in total. The van der Waals surface area contributed by atoms with E-state index in [1.54, 1.807) is 0 Å². The van der Waals surface area contributed by atoms with Crippen LogP contribution in [0.25, 0.3) is 0 Å². The Balaban J connectivity index is 2.14. The molecule has 118 valence electrons. The van der Waals surface area contributed by atoms with Crippen LogP contribution in [0.15, 0.2) is 0 Å². The first-order chi connectivity index (χ1) is 9.69. The van der Waals surface area contributed by atoms with Crippen molar-refractivity contribution in [3.63, 3.8) is 0 Å². The number of ether oxygens (including phenoxy) is 1. The molecule has 0 aliphatic carbocycles. The van der Waals surface area contributed by atoms with E-state index in [4.69, 9.17) is 9.84 Å². The van der Waals surface area contributed by atoms with Crippen molar-refractivity contribution in [2.75, 3.05) is 19.8 Å². The zero-order chi connectivity index (χ0) is 14.8. The lowest BCUT2D eigenvalue weighted by atomic mass is 10.1. The second-order valence-corrected chi connectivity index (χ2v) is 5.90. The molecule has 2 atom stereocenters. The van der Waals surface area contributed by atoms with Gasteiger partial charge in [0.05, 0.1) is 25.4 Å². The lowest BCUT2D eigenvalue weighted by molar-refractivity contribution is -0.146. The van der Waals surface area contributed by atoms with E-state index in [-0.39, 0.29) is 24.7 Å². The normalized spacial score (nSPS) is 23.1. The number of rotatable bonds is 9. The topological polar surface area (TPSA) is 49.8 Å². The maximum Gasteiger partial charge on any atom is 0.222 e. The van der Waals surface area contributed by atoms with Gasteiger partial charge in [-0.25, -0.2) is 0 Å². The van der Waals surface area contributed by atoms with E-state index in [0.29, 0.717) is 19.6 Å². The SMILES string of the molecule is CCCCCCCCCC(=O)N1CC(CO)OCC1C. The number of aliphatic hydroxyl groups excluding tert-OH is 1. The number of aliphatic hydroxyl groups is 1. The van der Waals surface area contributed by atoms with Crippen LogP contribution in [0.3, 0.4) is 0 Å². The monoisotopic (exact) mass is 285 g/mol. The Morgan fingerprint density at radius 2 is 1.85 bits per heavy atom. The molecule has 0 bridgehead atoms. The van der Waals surface area contributed by atoms with Crippen molar-refractivity contribution >= 4 is 5.91 Å². The highest BCUT2D eigenvalue weighted by atomic mass is 16.5. The van der Waals surface area contributed by atoms with E-state index >= 15 is 0 Å². The number of hydrogen-bond acceptors (Lipinski definition) is 3. The van der Waals surface area contributed by atoms with Gasteiger partial charge in [0.15, 0.2) is 0 Å². The lowest BCUT2D eigenvalue weighted by Crippen LogP contribution is -2.51. The zero-order valence-electron chi connectivity index (χ0n) is 13.1. The molecule has 0 aromatic rings. The zero-order valence-corrected chi connectivity index (χ0v) is 13.1. The molecule has 1 amide bonds. The predicted molar refractivity (Wildman–Crippen MR) is 80.6 cm³/mol. The van der Waals surface area contributed by atoms with Gasteiger partial charge < -0.3 is 14.7 Å². The van der Waals surface area contributed by atoms with Gasteiger partial charge in [-0.05, 0) is 13.3 Å². The molecule has 0 spiro atoms. The molecule has 1 saturated heterocycles. The molecule has 0 aromatic heterocycles. The van der Waals surface area contributed by atoms with Gasteiger partial charge in [-0.2, -0.15) is 0 Å². The highest BCUT2D eigenvalue weighted by Crippen LogP contribution is 2.15. The summed E-state index contributed by atoms with van der Waals surface area (Å²) < 4.78 is 5.46. The smallest absolute Gasteiger partial charge is 0.222 e. The van der Waals surface area contributed by atoms with E-state index in [1.165, 1.54) is 32.1 Å². The van der Waals surface area contributed by atoms with Crippen LogP contribution >= 0.6 is 0 Å². The minimum absolute atomic E-state index is 0.00602. The van der Waals surface area contributed by atoms with E-state index in [2.05, 4.69) is 6.92 Å². The summed E-state index contributed by atoms with van der Waals surface area (Å²) in [5.41, 5.74) is 0. The van der Waals surface area contributed by atoms with Crippen LogP contribution in [0, 0.1) is 0 Å². The van der Waals surface area contributed by atoms with Crippen molar-refractivity contribution in [2.24, 2.45) is 0 Å². The van der Waals surface area contributed by atoms with Crippen LogP contribution in [0.2, 0.25) is 0 Å². The number of morpholine rings is 1. The third kappa shape index (κ3) is 6.23. The Labute approximate surface area is 123 Å². The van der Waals surface area contributed by atoms with Crippen molar-refractivity contribution in [1.29, 1.82) is 0 Å². The molecular weight excluding hydrogens is 254 g/mol. The summed E-state index contributed by atoms with van der Waals surface area (Å²) in [6.07, 6.45) is 9.03. The van der Waals surface area contributed by atoms with Gasteiger partial charge in [0.25, 0.3) is 0 Å². The third-order valence-electron chi connectivity index (χ3n) is 4.02. The fraction of sp³-hybridized carbons (Fsp3) is 0.938. The minimum Gasteiger partial charge on any atom is -0.394 e. The summed E-state index contributed by atoms with van der Waals surface area (Å²) in [4.78, 5) is 14.1. The van der Waals surface area contributed by atoms with Crippen LogP contribution in [0.5, 0.6) is 0 Å². The van der Waals surface area contributed by atoms with Gasteiger partial charge in [0, 0.05) is 13.0 Å². The molecule has 2 unspecified atom stereocenters. The number of hydrogen-bond donors (Lipinski definition) is 1. The molecule has 0 radical (unpaired) electrons. The predicted octanol–water partition coefficient (Wildman–Crippen LogP) is 2.74. The van der Waals surface area contributed by atoms with Crippen LogP contribution in [0.4, 0.5) is 0 Å². The molecule has 1 aliphatic heterocycles. The van der Waals surface area contributed by atoms with Crippen LogP contribution in [0.1, 0.15) is 65.2 Å². The average molecular weight is 285 g/mol. The second-order valence-electron chi connectivity index (χ2n) is 5.90. The Morgan fingerprint density at radius 1 is 1.20 bits per heavy atom. The molecule has 1 heterocycles. The van der Waals surface area contributed by atoms with Crippen molar-refractivity contribution in [3.8, 4) is 0 Å². The summed E-state index contributed by atoms with van der Waals surface area (Å²) in [6.45, 7) is 5.30. The summed E-state index contributed by atoms with van der Waals surface area (Å²) in [5.74, 6) is 0.216. The van der Waals surface area contributed by atoms with Crippen molar-refractivity contribution < 1.29 is 14.6 Å².